The van der Waals surface area contributed by atoms with Crippen LogP contribution in [-0.2, 0) is 0 Å². The van der Waals surface area contributed by atoms with Crippen molar-refractivity contribution in [2.45, 2.75) is 18.9 Å². The highest BCUT2D eigenvalue weighted by Crippen LogP contribution is 2.27. The Morgan fingerprint density at radius 1 is 0.968 bits per heavy atom. The number of pyridine rings is 2. The van der Waals surface area contributed by atoms with E-state index in [2.05, 4.69) is 32.3 Å². The minimum atomic E-state index is 0.318. The molecular weight excluding hydrogens is 386 g/mol. The normalized spacial score (nSPS) is 14.4. The third-order valence-corrected chi connectivity index (χ3v) is 5.58. The first-order chi connectivity index (χ1) is 15.3. The minimum Gasteiger partial charge on any atom is -0.367 e. The van der Waals surface area contributed by atoms with E-state index in [-0.39, 0.29) is 0 Å². The quantitative estimate of drug-likeness (QED) is 0.546. The summed E-state index contributed by atoms with van der Waals surface area (Å²) in [5.41, 5.74) is 2.46. The van der Waals surface area contributed by atoms with Crippen molar-refractivity contribution in [1.82, 2.24) is 19.9 Å². The maximum atomic E-state index is 8.96. The third kappa shape index (κ3) is 4.01. The van der Waals surface area contributed by atoms with E-state index >= 15 is 0 Å². The summed E-state index contributed by atoms with van der Waals surface area (Å²) in [5, 5.41) is 13.6. The van der Waals surface area contributed by atoms with Gasteiger partial charge in [0.05, 0.1) is 11.1 Å². The Bertz CT molecular complexity index is 1220. The molecule has 0 spiro atoms. The molecule has 5 rings (SSSR count). The number of anilines is 2. The monoisotopic (exact) mass is 407 g/mol. The Labute approximate surface area is 180 Å². The van der Waals surface area contributed by atoms with Crippen LogP contribution in [0, 0.1) is 11.3 Å². The van der Waals surface area contributed by atoms with Crippen LogP contribution < -0.4 is 10.2 Å². The zero-order valence-electron chi connectivity index (χ0n) is 16.9. The summed E-state index contributed by atoms with van der Waals surface area (Å²) in [6.45, 7) is 1.80. The van der Waals surface area contributed by atoms with E-state index < -0.39 is 0 Å². The van der Waals surface area contributed by atoms with Crippen LogP contribution in [0.3, 0.4) is 0 Å². The number of nitrogens with one attached hydrogen (secondary N) is 1. The molecule has 0 saturated carbocycles. The highest BCUT2D eigenvalue weighted by Gasteiger charge is 2.21. The molecule has 7 heteroatoms. The first-order valence-corrected chi connectivity index (χ1v) is 10.3. The zero-order chi connectivity index (χ0) is 21.0. The van der Waals surface area contributed by atoms with Gasteiger partial charge in [-0.2, -0.15) is 5.26 Å². The predicted molar refractivity (Wildman–Crippen MR) is 121 cm³/mol. The molecule has 4 heterocycles. The van der Waals surface area contributed by atoms with Crippen molar-refractivity contribution >= 4 is 22.5 Å². The van der Waals surface area contributed by atoms with Crippen LogP contribution in [0.15, 0.2) is 67.1 Å². The number of para-hydroxylation sites is 1. The summed E-state index contributed by atoms with van der Waals surface area (Å²) in [6, 6.07) is 18.1. The average molecular weight is 407 g/mol. The lowest BCUT2D eigenvalue weighted by Crippen LogP contribution is -2.39. The fourth-order valence-electron chi connectivity index (χ4n) is 3.90. The molecule has 0 unspecified atom stereocenters. The van der Waals surface area contributed by atoms with Crippen molar-refractivity contribution in [3.8, 4) is 17.5 Å². The van der Waals surface area contributed by atoms with Gasteiger partial charge in [-0.1, -0.05) is 12.1 Å². The number of benzene rings is 1. The van der Waals surface area contributed by atoms with Gasteiger partial charge in [-0.3, -0.25) is 4.98 Å². The molecule has 1 aromatic carbocycles. The van der Waals surface area contributed by atoms with Crippen molar-refractivity contribution < 1.29 is 0 Å². The van der Waals surface area contributed by atoms with Crippen LogP contribution in [0.25, 0.3) is 22.3 Å². The summed E-state index contributed by atoms with van der Waals surface area (Å²) in [6.07, 6.45) is 7.10. The van der Waals surface area contributed by atoms with Gasteiger partial charge in [-0.25, -0.2) is 15.0 Å². The van der Waals surface area contributed by atoms with E-state index in [9.17, 15) is 0 Å². The van der Waals surface area contributed by atoms with Crippen LogP contribution in [0.5, 0.6) is 0 Å². The van der Waals surface area contributed by atoms with E-state index in [1.807, 2.05) is 42.5 Å². The first kappa shape index (κ1) is 18.9. The molecule has 0 amide bonds. The minimum absolute atomic E-state index is 0.318. The number of piperidine rings is 1. The summed E-state index contributed by atoms with van der Waals surface area (Å²) in [5.74, 6) is 2.49. The lowest BCUT2D eigenvalue weighted by Gasteiger charge is -2.33. The van der Waals surface area contributed by atoms with E-state index in [1.165, 1.54) is 0 Å². The van der Waals surface area contributed by atoms with Crippen molar-refractivity contribution in [3.05, 3.63) is 72.7 Å². The molecule has 0 radical (unpaired) electrons. The number of nitrogens with zero attached hydrogens (tertiary/aromatic N) is 6. The highest BCUT2D eigenvalue weighted by atomic mass is 15.2. The third-order valence-electron chi connectivity index (χ3n) is 5.58. The van der Waals surface area contributed by atoms with E-state index in [4.69, 9.17) is 15.2 Å². The van der Waals surface area contributed by atoms with Gasteiger partial charge in [-0.05, 0) is 49.2 Å². The molecular formula is C24H21N7. The summed E-state index contributed by atoms with van der Waals surface area (Å²) in [4.78, 5) is 20.4. The Morgan fingerprint density at radius 2 is 1.77 bits per heavy atom. The number of nitriles is 1. The van der Waals surface area contributed by atoms with Gasteiger partial charge in [0.1, 0.15) is 17.7 Å². The first-order valence-electron chi connectivity index (χ1n) is 10.3. The molecule has 1 fully saturated rings. The molecule has 0 bridgehead atoms. The van der Waals surface area contributed by atoms with Crippen LogP contribution in [0.4, 0.5) is 11.6 Å². The molecule has 1 aliphatic rings. The Morgan fingerprint density at radius 3 is 2.52 bits per heavy atom. The van der Waals surface area contributed by atoms with Crippen molar-refractivity contribution in [3.63, 3.8) is 0 Å². The Hall–Kier alpha value is -4.05. The molecule has 152 valence electrons. The maximum absolute atomic E-state index is 8.96. The van der Waals surface area contributed by atoms with Gasteiger partial charge < -0.3 is 10.2 Å². The van der Waals surface area contributed by atoms with Gasteiger partial charge in [0.25, 0.3) is 0 Å². The number of hydrogen-bond acceptors (Lipinski definition) is 7. The van der Waals surface area contributed by atoms with Gasteiger partial charge in [-0.15, -0.1) is 0 Å². The number of hydrogen-bond donors (Lipinski definition) is 1. The lowest BCUT2D eigenvalue weighted by atomic mass is 10.0. The van der Waals surface area contributed by atoms with Crippen LogP contribution in [0.2, 0.25) is 0 Å². The molecule has 31 heavy (non-hydrogen) atoms. The molecule has 0 aliphatic carbocycles. The smallest absolute Gasteiger partial charge is 0.162 e. The molecule has 1 aliphatic heterocycles. The van der Waals surface area contributed by atoms with Crippen molar-refractivity contribution in [1.29, 1.82) is 5.26 Å². The molecule has 1 N–H and O–H groups in total. The largest absolute Gasteiger partial charge is 0.367 e. The maximum Gasteiger partial charge on any atom is 0.162 e. The second kappa shape index (κ2) is 8.36. The van der Waals surface area contributed by atoms with Crippen molar-refractivity contribution in [2.75, 3.05) is 23.3 Å². The topological polar surface area (TPSA) is 90.6 Å². The van der Waals surface area contributed by atoms with Gasteiger partial charge in [0.15, 0.2) is 5.82 Å². The fourth-order valence-corrected chi connectivity index (χ4v) is 3.90. The number of fused-ring (bicyclic) bond motifs is 1. The number of aromatic nitrogens is 4. The molecule has 3 aromatic heterocycles. The Balaban J connectivity index is 1.35. The molecule has 7 nitrogen and oxygen atoms in total. The molecule has 1 saturated heterocycles. The number of rotatable bonds is 4. The molecule has 4 aromatic rings. The van der Waals surface area contributed by atoms with E-state index in [0.29, 0.717) is 17.4 Å². The summed E-state index contributed by atoms with van der Waals surface area (Å²) >= 11 is 0. The van der Waals surface area contributed by atoms with E-state index in [1.54, 1.807) is 18.6 Å². The SMILES string of the molecule is N#Cc1ccc(N2CCC(Nc3nc(-c4ccncc4)nc4ccccc34)CC2)nc1. The predicted octanol–water partition coefficient (Wildman–Crippen LogP) is 4.04. The van der Waals surface area contributed by atoms with Crippen LogP contribution in [0.1, 0.15) is 18.4 Å². The lowest BCUT2D eigenvalue weighted by molar-refractivity contribution is 0.523. The van der Waals surface area contributed by atoms with Gasteiger partial charge >= 0.3 is 0 Å². The Kier molecular flexibility index (Phi) is 5.11. The van der Waals surface area contributed by atoms with Crippen LogP contribution in [-0.4, -0.2) is 39.1 Å². The average Bonchev–Trinajstić information content (AvgIpc) is 2.85. The fraction of sp³-hybridized carbons (Fsp3) is 0.208. The summed E-state index contributed by atoms with van der Waals surface area (Å²) < 4.78 is 0. The van der Waals surface area contributed by atoms with Gasteiger partial charge in [0, 0.05) is 48.7 Å². The summed E-state index contributed by atoms with van der Waals surface area (Å²) in [7, 11) is 0. The second-order valence-electron chi connectivity index (χ2n) is 7.57. The van der Waals surface area contributed by atoms with Crippen molar-refractivity contribution in [2.24, 2.45) is 0 Å². The highest BCUT2D eigenvalue weighted by molar-refractivity contribution is 5.90. The second-order valence-corrected chi connectivity index (χ2v) is 7.57. The molecule has 0 atom stereocenters. The van der Waals surface area contributed by atoms with Gasteiger partial charge in [0.2, 0.25) is 0 Å². The standard InChI is InChI=1S/C24H21N7/c25-15-17-5-6-22(27-16-17)31-13-9-19(10-14-31)28-24-20-3-1-2-4-21(20)29-23(30-24)18-7-11-26-12-8-18/h1-8,11-12,16,19H,9-10,13-14H2,(H,28,29,30). The zero-order valence-corrected chi connectivity index (χ0v) is 16.9. The van der Waals surface area contributed by atoms with E-state index in [0.717, 1.165) is 54.0 Å². The van der Waals surface area contributed by atoms with Crippen LogP contribution >= 0.6 is 0 Å².